The van der Waals surface area contributed by atoms with E-state index in [9.17, 15) is 5.11 Å². The van der Waals surface area contributed by atoms with Gasteiger partial charge in [-0.25, -0.2) is 0 Å². The van der Waals surface area contributed by atoms with Crippen molar-refractivity contribution >= 4 is 0 Å². The fourth-order valence-electron chi connectivity index (χ4n) is 2.13. The lowest BCUT2D eigenvalue weighted by Gasteiger charge is -2.17. The molecule has 0 spiro atoms. The summed E-state index contributed by atoms with van der Waals surface area (Å²) < 4.78 is 5.49. The molecular weight excluding hydrogens is 266 g/mol. The maximum atomic E-state index is 9.86. The number of benzene rings is 1. The van der Waals surface area contributed by atoms with Crippen molar-refractivity contribution in [1.29, 1.82) is 5.26 Å². The number of nitriles is 1. The summed E-state index contributed by atoms with van der Waals surface area (Å²) in [5, 5.41) is 21.9. The third-order valence-electron chi connectivity index (χ3n) is 3.60. The predicted molar refractivity (Wildman–Crippen MR) is 81.2 cm³/mol. The fraction of sp³-hybridized carbons (Fsp3) is 0.562. The number of likely N-dealkylation sites (N-methyl/N-ethyl adjacent to an activating group) is 1. The van der Waals surface area contributed by atoms with Crippen LogP contribution in [0.2, 0.25) is 0 Å². The summed E-state index contributed by atoms with van der Waals surface area (Å²) in [4.78, 5) is 2.35. The number of nitrogens with one attached hydrogen (secondary N) is 1. The molecule has 0 amide bonds. The molecule has 0 radical (unpaired) electrons. The normalized spacial score (nSPS) is 15.7. The highest BCUT2D eigenvalue weighted by atomic mass is 16.5. The van der Waals surface area contributed by atoms with Crippen LogP contribution in [0.15, 0.2) is 24.3 Å². The summed E-state index contributed by atoms with van der Waals surface area (Å²) in [5.74, 6) is 0.613. The Morgan fingerprint density at radius 1 is 1.52 bits per heavy atom. The van der Waals surface area contributed by atoms with Crippen molar-refractivity contribution in [3.63, 3.8) is 0 Å². The van der Waals surface area contributed by atoms with Gasteiger partial charge in [-0.3, -0.25) is 0 Å². The molecule has 0 bridgehead atoms. The molecule has 1 aliphatic carbocycles. The quantitative estimate of drug-likeness (QED) is 0.663. The standard InChI is InChI=1S/C16H23N3O2/c1-19(14-5-6-14)8-7-18-11-15(20)12-21-16-4-2-3-13(9-16)10-17/h2-4,9,14-15,18,20H,5-8,11-12H2,1H3. The molecule has 0 heterocycles. The fourth-order valence-corrected chi connectivity index (χ4v) is 2.13. The number of aliphatic hydroxyl groups excluding tert-OH is 1. The van der Waals surface area contributed by atoms with Gasteiger partial charge in [0.1, 0.15) is 18.5 Å². The van der Waals surface area contributed by atoms with Crippen LogP contribution in [0.4, 0.5) is 0 Å². The molecule has 114 valence electrons. The van der Waals surface area contributed by atoms with Crippen LogP contribution >= 0.6 is 0 Å². The smallest absolute Gasteiger partial charge is 0.120 e. The van der Waals surface area contributed by atoms with Gasteiger partial charge in [-0.1, -0.05) is 6.07 Å². The van der Waals surface area contributed by atoms with Gasteiger partial charge in [-0.15, -0.1) is 0 Å². The number of nitrogens with zero attached hydrogens (tertiary/aromatic N) is 2. The van der Waals surface area contributed by atoms with Gasteiger partial charge >= 0.3 is 0 Å². The Morgan fingerprint density at radius 3 is 3.05 bits per heavy atom. The van der Waals surface area contributed by atoms with Gasteiger partial charge < -0.3 is 20.1 Å². The second-order valence-electron chi connectivity index (χ2n) is 5.52. The third kappa shape index (κ3) is 5.72. The SMILES string of the molecule is CN(CCNCC(O)COc1cccc(C#N)c1)C1CC1. The maximum absolute atomic E-state index is 9.86. The average Bonchev–Trinajstić information content (AvgIpc) is 3.34. The van der Waals surface area contributed by atoms with Crippen LogP contribution in [0.5, 0.6) is 5.75 Å². The minimum atomic E-state index is -0.554. The molecule has 5 nitrogen and oxygen atoms in total. The third-order valence-corrected chi connectivity index (χ3v) is 3.60. The van der Waals surface area contributed by atoms with Gasteiger partial charge in [0.25, 0.3) is 0 Å². The summed E-state index contributed by atoms with van der Waals surface area (Å²) in [6, 6.07) is 9.78. The van der Waals surface area contributed by atoms with E-state index >= 15 is 0 Å². The van der Waals surface area contributed by atoms with E-state index in [-0.39, 0.29) is 6.61 Å². The highest BCUT2D eigenvalue weighted by molar-refractivity contribution is 5.36. The van der Waals surface area contributed by atoms with E-state index in [0.717, 1.165) is 19.1 Å². The molecule has 2 N–H and O–H groups in total. The summed E-state index contributed by atoms with van der Waals surface area (Å²) in [6.45, 7) is 2.60. The lowest BCUT2D eigenvalue weighted by molar-refractivity contribution is 0.106. The highest BCUT2D eigenvalue weighted by Crippen LogP contribution is 2.24. The Morgan fingerprint density at radius 2 is 2.33 bits per heavy atom. The van der Waals surface area contributed by atoms with Crippen molar-refractivity contribution in [2.45, 2.75) is 25.0 Å². The van der Waals surface area contributed by atoms with Gasteiger partial charge in [0, 0.05) is 25.7 Å². The van der Waals surface area contributed by atoms with Crippen LogP contribution in [0, 0.1) is 11.3 Å². The molecule has 0 aliphatic heterocycles. The van der Waals surface area contributed by atoms with Crippen molar-refractivity contribution in [3.05, 3.63) is 29.8 Å². The van der Waals surface area contributed by atoms with E-state index < -0.39 is 6.10 Å². The van der Waals surface area contributed by atoms with E-state index in [0.29, 0.717) is 17.9 Å². The summed E-state index contributed by atoms with van der Waals surface area (Å²) in [5.41, 5.74) is 0.559. The van der Waals surface area contributed by atoms with Crippen molar-refractivity contribution in [2.24, 2.45) is 0 Å². The highest BCUT2D eigenvalue weighted by Gasteiger charge is 2.25. The van der Waals surface area contributed by atoms with Gasteiger partial charge in [0.15, 0.2) is 0 Å². The van der Waals surface area contributed by atoms with Gasteiger partial charge in [0.2, 0.25) is 0 Å². The first-order chi connectivity index (χ1) is 10.2. The van der Waals surface area contributed by atoms with Gasteiger partial charge in [-0.05, 0) is 38.1 Å². The minimum Gasteiger partial charge on any atom is -0.491 e. The minimum absolute atomic E-state index is 0.223. The maximum Gasteiger partial charge on any atom is 0.120 e. The zero-order valence-corrected chi connectivity index (χ0v) is 12.5. The zero-order chi connectivity index (χ0) is 15.1. The van der Waals surface area contributed by atoms with Crippen molar-refractivity contribution in [1.82, 2.24) is 10.2 Å². The van der Waals surface area contributed by atoms with Crippen LogP contribution in [0.3, 0.4) is 0 Å². The van der Waals surface area contributed by atoms with Crippen molar-refractivity contribution < 1.29 is 9.84 Å². The first-order valence-corrected chi connectivity index (χ1v) is 7.41. The Labute approximate surface area is 126 Å². The molecule has 1 atom stereocenters. The molecule has 0 aromatic heterocycles. The predicted octanol–water partition coefficient (Wildman–Crippen LogP) is 0.982. The van der Waals surface area contributed by atoms with Crippen LogP contribution < -0.4 is 10.1 Å². The first kappa shape index (κ1) is 15.8. The van der Waals surface area contributed by atoms with Crippen LogP contribution in [0.1, 0.15) is 18.4 Å². The molecule has 2 rings (SSSR count). The lowest BCUT2D eigenvalue weighted by Crippen LogP contribution is -2.36. The lowest BCUT2D eigenvalue weighted by atomic mass is 10.2. The summed E-state index contributed by atoms with van der Waals surface area (Å²) in [6.07, 6.45) is 2.07. The Kier molecular flexibility index (Phi) is 6.00. The van der Waals surface area contributed by atoms with E-state index in [2.05, 4.69) is 23.3 Å². The molecule has 1 fully saturated rings. The molecule has 1 aliphatic rings. The number of ether oxygens (including phenoxy) is 1. The molecule has 5 heteroatoms. The molecular formula is C16H23N3O2. The van der Waals surface area contributed by atoms with Crippen molar-refractivity contribution in [2.75, 3.05) is 33.3 Å². The molecule has 0 saturated heterocycles. The zero-order valence-electron chi connectivity index (χ0n) is 12.5. The number of hydrogen-bond donors (Lipinski definition) is 2. The monoisotopic (exact) mass is 289 g/mol. The summed E-state index contributed by atoms with van der Waals surface area (Å²) >= 11 is 0. The molecule has 21 heavy (non-hydrogen) atoms. The van der Waals surface area contributed by atoms with E-state index in [1.54, 1.807) is 24.3 Å². The second-order valence-corrected chi connectivity index (χ2v) is 5.52. The van der Waals surface area contributed by atoms with Crippen molar-refractivity contribution in [3.8, 4) is 11.8 Å². The van der Waals surface area contributed by atoms with Gasteiger partial charge in [-0.2, -0.15) is 5.26 Å². The number of hydrogen-bond acceptors (Lipinski definition) is 5. The molecule has 1 aromatic carbocycles. The van der Waals surface area contributed by atoms with Gasteiger partial charge in [0.05, 0.1) is 11.6 Å². The Bertz CT molecular complexity index is 483. The van der Waals surface area contributed by atoms with Crippen LogP contribution in [-0.4, -0.2) is 55.4 Å². The van der Waals surface area contributed by atoms with E-state index in [4.69, 9.17) is 10.00 Å². The average molecular weight is 289 g/mol. The van der Waals surface area contributed by atoms with E-state index in [1.807, 2.05) is 0 Å². The number of aliphatic hydroxyl groups is 1. The largest absolute Gasteiger partial charge is 0.491 e. The number of rotatable bonds is 9. The second kappa shape index (κ2) is 7.99. The summed E-state index contributed by atoms with van der Waals surface area (Å²) in [7, 11) is 2.14. The molecule has 1 saturated carbocycles. The van der Waals surface area contributed by atoms with E-state index in [1.165, 1.54) is 12.8 Å². The Balaban J connectivity index is 1.58. The van der Waals surface area contributed by atoms with Crippen LogP contribution in [0.25, 0.3) is 0 Å². The molecule has 1 unspecified atom stereocenters. The first-order valence-electron chi connectivity index (χ1n) is 7.41. The van der Waals surface area contributed by atoms with Crippen LogP contribution in [-0.2, 0) is 0 Å². The topological polar surface area (TPSA) is 68.5 Å². The Hall–Kier alpha value is -1.61. The molecule has 1 aromatic rings.